The van der Waals surface area contributed by atoms with Crippen LogP contribution in [0.1, 0.15) is 0 Å². The molecule has 3 N–H and O–H groups in total. The molecule has 0 bridgehead atoms. The highest BCUT2D eigenvalue weighted by Crippen LogP contribution is 2.23. The van der Waals surface area contributed by atoms with Gasteiger partial charge in [-0.15, -0.1) is 0 Å². The summed E-state index contributed by atoms with van der Waals surface area (Å²) < 4.78 is 23.5. The minimum absolute atomic E-state index is 0.0957. The molecule has 0 saturated heterocycles. The van der Waals surface area contributed by atoms with Crippen molar-refractivity contribution in [2.45, 2.75) is 6.04 Å². The topological polar surface area (TPSA) is 72.2 Å². The van der Waals surface area contributed by atoms with Gasteiger partial charge in [0.05, 0.1) is 23.2 Å². The largest absolute Gasteiger partial charge is 0.397 e. The van der Waals surface area contributed by atoms with Crippen molar-refractivity contribution in [2.75, 3.05) is 16.8 Å². The van der Waals surface area contributed by atoms with Gasteiger partial charge in [-0.1, -0.05) is 6.08 Å². The Kier molecular flexibility index (Phi) is 3.11. The van der Waals surface area contributed by atoms with E-state index in [-0.39, 0.29) is 11.8 Å². The van der Waals surface area contributed by atoms with Crippen molar-refractivity contribution >= 4 is 43.8 Å². The minimum Gasteiger partial charge on any atom is -0.397 e. The summed E-state index contributed by atoms with van der Waals surface area (Å²) in [6, 6.07) is 5.44. The van der Waals surface area contributed by atoms with Crippen molar-refractivity contribution in [1.29, 1.82) is 0 Å². The van der Waals surface area contributed by atoms with Gasteiger partial charge in [0.1, 0.15) is 0 Å². The van der Waals surface area contributed by atoms with E-state index in [1.807, 2.05) is 18.2 Å². The fraction of sp³-hybridized carbons (Fsp3) is 0.200. The number of benzene rings is 1. The smallest absolute Gasteiger partial charge is 0.173 e. The van der Waals surface area contributed by atoms with Crippen molar-refractivity contribution < 1.29 is 8.42 Å². The maximum absolute atomic E-state index is 11.2. The number of rotatable bonds is 2. The number of anilines is 2. The number of sulfone groups is 1. The van der Waals surface area contributed by atoms with E-state index in [2.05, 4.69) is 27.9 Å². The van der Waals surface area contributed by atoms with Gasteiger partial charge >= 0.3 is 0 Å². The Hall–Kier alpha value is -0.760. The van der Waals surface area contributed by atoms with Crippen LogP contribution in [0.4, 0.5) is 11.4 Å². The molecular formula is C10H11IN2O2S. The van der Waals surface area contributed by atoms with E-state index in [4.69, 9.17) is 5.73 Å². The lowest BCUT2D eigenvalue weighted by Crippen LogP contribution is -2.21. The third-order valence-electron chi connectivity index (χ3n) is 2.28. The van der Waals surface area contributed by atoms with Crippen LogP contribution in [-0.4, -0.2) is 20.2 Å². The quantitative estimate of drug-likeness (QED) is 0.628. The van der Waals surface area contributed by atoms with Crippen molar-refractivity contribution in [3.8, 4) is 0 Å². The monoisotopic (exact) mass is 350 g/mol. The SMILES string of the molecule is Nc1cc(I)ccc1NC1C=CS(=O)(=O)C1. The van der Waals surface area contributed by atoms with E-state index < -0.39 is 9.84 Å². The molecule has 1 aliphatic rings. The number of hydrogen-bond donors (Lipinski definition) is 2. The van der Waals surface area contributed by atoms with Crippen molar-refractivity contribution in [2.24, 2.45) is 0 Å². The summed E-state index contributed by atoms with van der Waals surface area (Å²) in [4.78, 5) is 0. The number of nitrogens with two attached hydrogens (primary N) is 1. The van der Waals surface area contributed by atoms with Gasteiger partial charge in [0.2, 0.25) is 0 Å². The zero-order chi connectivity index (χ0) is 11.8. The molecule has 2 rings (SSSR count). The Labute approximate surface area is 108 Å². The molecule has 6 heteroatoms. The van der Waals surface area contributed by atoms with Crippen molar-refractivity contribution in [3.05, 3.63) is 33.3 Å². The van der Waals surface area contributed by atoms with E-state index >= 15 is 0 Å². The predicted octanol–water partition coefficient (Wildman–Crippen LogP) is 1.60. The first-order valence-electron chi connectivity index (χ1n) is 4.69. The van der Waals surface area contributed by atoms with Gasteiger partial charge < -0.3 is 11.1 Å². The summed E-state index contributed by atoms with van der Waals surface area (Å²) in [6.07, 6.45) is 1.65. The summed E-state index contributed by atoms with van der Waals surface area (Å²) in [5.41, 5.74) is 7.23. The Balaban J connectivity index is 2.14. The first-order chi connectivity index (χ1) is 7.46. The molecule has 0 amide bonds. The molecule has 0 saturated carbocycles. The highest BCUT2D eigenvalue weighted by molar-refractivity contribution is 14.1. The molecule has 0 radical (unpaired) electrons. The molecule has 4 nitrogen and oxygen atoms in total. The molecule has 1 aliphatic heterocycles. The van der Waals surface area contributed by atoms with Crippen LogP contribution in [0.2, 0.25) is 0 Å². The zero-order valence-electron chi connectivity index (χ0n) is 8.35. The van der Waals surface area contributed by atoms with Crippen LogP contribution in [0, 0.1) is 3.57 Å². The van der Waals surface area contributed by atoms with E-state index in [1.165, 1.54) is 5.41 Å². The third-order valence-corrected chi connectivity index (χ3v) is 4.35. The molecule has 1 aromatic rings. The summed E-state index contributed by atoms with van der Waals surface area (Å²) >= 11 is 2.17. The molecule has 16 heavy (non-hydrogen) atoms. The summed E-state index contributed by atoms with van der Waals surface area (Å²) in [6.45, 7) is 0. The van der Waals surface area contributed by atoms with Gasteiger partial charge in [-0.25, -0.2) is 8.42 Å². The average molecular weight is 350 g/mol. The minimum atomic E-state index is -3.02. The molecule has 1 atom stereocenters. The molecule has 1 heterocycles. The van der Waals surface area contributed by atoms with Crippen LogP contribution in [0.25, 0.3) is 0 Å². The van der Waals surface area contributed by atoms with Crippen molar-refractivity contribution in [1.82, 2.24) is 0 Å². The Bertz CT molecular complexity index is 540. The summed E-state index contributed by atoms with van der Waals surface area (Å²) in [7, 11) is -3.02. The van der Waals surface area contributed by atoms with E-state index in [1.54, 1.807) is 6.08 Å². The molecule has 1 aromatic carbocycles. The Morgan fingerprint density at radius 2 is 2.19 bits per heavy atom. The lowest BCUT2D eigenvalue weighted by atomic mass is 10.2. The van der Waals surface area contributed by atoms with E-state index in [9.17, 15) is 8.42 Å². The number of nitrogen functional groups attached to an aromatic ring is 1. The van der Waals surface area contributed by atoms with E-state index in [0.717, 1.165) is 9.26 Å². The van der Waals surface area contributed by atoms with Gasteiger partial charge in [-0.2, -0.15) is 0 Å². The number of nitrogens with one attached hydrogen (secondary N) is 1. The highest BCUT2D eigenvalue weighted by atomic mass is 127. The fourth-order valence-electron chi connectivity index (χ4n) is 1.53. The second-order valence-electron chi connectivity index (χ2n) is 3.64. The molecule has 0 aromatic heterocycles. The van der Waals surface area contributed by atoms with Gasteiger partial charge in [-0.05, 0) is 40.8 Å². The Morgan fingerprint density at radius 1 is 1.44 bits per heavy atom. The van der Waals surface area contributed by atoms with Gasteiger partial charge in [0.25, 0.3) is 0 Å². The summed E-state index contributed by atoms with van der Waals surface area (Å²) in [5, 5.41) is 4.34. The van der Waals surface area contributed by atoms with Crippen molar-refractivity contribution in [3.63, 3.8) is 0 Å². The molecular weight excluding hydrogens is 339 g/mol. The van der Waals surface area contributed by atoms with Crippen LogP contribution in [0.5, 0.6) is 0 Å². The van der Waals surface area contributed by atoms with Gasteiger partial charge in [-0.3, -0.25) is 0 Å². The lowest BCUT2D eigenvalue weighted by molar-refractivity contribution is 0.605. The lowest BCUT2D eigenvalue weighted by Gasteiger charge is -2.13. The van der Waals surface area contributed by atoms with Crippen LogP contribution in [0.3, 0.4) is 0 Å². The average Bonchev–Trinajstić information content (AvgIpc) is 2.51. The van der Waals surface area contributed by atoms with Crippen LogP contribution < -0.4 is 11.1 Å². The maximum atomic E-state index is 11.2. The standard InChI is InChI=1S/C10H11IN2O2S/c11-7-1-2-10(9(12)5-7)13-8-3-4-16(14,15)6-8/h1-5,8,13H,6,12H2. The molecule has 0 aliphatic carbocycles. The molecule has 86 valence electrons. The molecule has 1 unspecified atom stereocenters. The highest BCUT2D eigenvalue weighted by Gasteiger charge is 2.21. The molecule has 0 spiro atoms. The number of halogens is 1. The van der Waals surface area contributed by atoms with Crippen LogP contribution in [-0.2, 0) is 9.84 Å². The summed E-state index contributed by atoms with van der Waals surface area (Å²) in [5.74, 6) is 0.0957. The number of hydrogen-bond acceptors (Lipinski definition) is 4. The molecule has 0 fully saturated rings. The second kappa shape index (κ2) is 4.25. The first-order valence-corrected chi connectivity index (χ1v) is 7.48. The third kappa shape index (κ3) is 2.67. The van der Waals surface area contributed by atoms with Crippen LogP contribution >= 0.6 is 22.6 Å². The first kappa shape index (κ1) is 11.7. The van der Waals surface area contributed by atoms with E-state index in [0.29, 0.717) is 5.69 Å². The Morgan fingerprint density at radius 3 is 2.75 bits per heavy atom. The predicted molar refractivity (Wildman–Crippen MR) is 73.9 cm³/mol. The normalized spacial score (nSPS) is 22.2. The van der Waals surface area contributed by atoms with Gasteiger partial charge in [0, 0.05) is 8.98 Å². The maximum Gasteiger partial charge on any atom is 0.173 e. The van der Waals surface area contributed by atoms with Gasteiger partial charge in [0.15, 0.2) is 9.84 Å². The zero-order valence-corrected chi connectivity index (χ0v) is 11.3. The fourth-order valence-corrected chi connectivity index (χ4v) is 3.28. The second-order valence-corrected chi connectivity index (χ2v) is 6.82. The van der Waals surface area contributed by atoms with Crippen LogP contribution in [0.15, 0.2) is 29.7 Å².